The van der Waals surface area contributed by atoms with E-state index in [-0.39, 0.29) is 17.5 Å². The van der Waals surface area contributed by atoms with Crippen LogP contribution in [0, 0.1) is 17.2 Å². The van der Waals surface area contributed by atoms with Crippen molar-refractivity contribution >= 4 is 23.1 Å². The fourth-order valence-electron chi connectivity index (χ4n) is 4.29. The lowest BCUT2D eigenvalue weighted by atomic mass is 9.95. The Morgan fingerprint density at radius 3 is 2.38 bits per heavy atom. The maximum absolute atomic E-state index is 13.3. The highest BCUT2D eigenvalue weighted by Crippen LogP contribution is 2.37. The van der Waals surface area contributed by atoms with Gasteiger partial charge >= 0.3 is 6.18 Å². The second-order valence-corrected chi connectivity index (χ2v) is 8.19. The van der Waals surface area contributed by atoms with Gasteiger partial charge in [-0.05, 0) is 56.0 Å². The fraction of sp³-hybridized carbons (Fsp3) is 0.435. The van der Waals surface area contributed by atoms with E-state index in [1.54, 1.807) is 12.1 Å². The standard InChI is InChI=1S/C23H24F3N5O/c24-23(25,26)18-4-5-20(30-9-1-2-10-30)19(13-18)29-22(32)17-7-11-31(12-8-17)21-6-3-16(14-27)15-28-21/h3-6,13,15,17H,1-2,7-12H2,(H,29,32). The number of halogens is 3. The lowest BCUT2D eigenvalue weighted by Crippen LogP contribution is -2.38. The van der Waals surface area contributed by atoms with Crippen molar-refractivity contribution < 1.29 is 18.0 Å². The van der Waals surface area contributed by atoms with Gasteiger partial charge in [0.1, 0.15) is 11.9 Å². The number of benzene rings is 1. The van der Waals surface area contributed by atoms with E-state index in [0.29, 0.717) is 37.2 Å². The molecule has 2 aliphatic rings. The molecule has 0 atom stereocenters. The molecule has 2 aliphatic heterocycles. The van der Waals surface area contributed by atoms with E-state index in [9.17, 15) is 18.0 Å². The molecule has 1 aromatic carbocycles. The number of carbonyl (C=O) groups is 1. The van der Waals surface area contributed by atoms with Crippen molar-refractivity contribution in [2.24, 2.45) is 5.92 Å². The average molecular weight is 443 g/mol. The van der Waals surface area contributed by atoms with Gasteiger partial charge in [0, 0.05) is 38.3 Å². The van der Waals surface area contributed by atoms with Crippen LogP contribution >= 0.6 is 0 Å². The fourth-order valence-corrected chi connectivity index (χ4v) is 4.29. The van der Waals surface area contributed by atoms with Crippen molar-refractivity contribution in [2.75, 3.05) is 41.3 Å². The van der Waals surface area contributed by atoms with Gasteiger partial charge in [0.25, 0.3) is 0 Å². The van der Waals surface area contributed by atoms with E-state index < -0.39 is 11.7 Å². The van der Waals surface area contributed by atoms with Crippen molar-refractivity contribution in [3.63, 3.8) is 0 Å². The number of aromatic nitrogens is 1. The molecule has 4 rings (SSSR count). The summed E-state index contributed by atoms with van der Waals surface area (Å²) in [6.07, 6.45) is 0.160. The van der Waals surface area contributed by atoms with Gasteiger partial charge in [-0.2, -0.15) is 18.4 Å². The van der Waals surface area contributed by atoms with Crippen LogP contribution in [0.1, 0.15) is 36.8 Å². The minimum absolute atomic E-state index is 0.225. The minimum atomic E-state index is -4.47. The number of anilines is 3. The molecule has 0 bridgehead atoms. The molecule has 0 spiro atoms. The summed E-state index contributed by atoms with van der Waals surface area (Å²) in [5.41, 5.74) is 0.585. The molecule has 32 heavy (non-hydrogen) atoms. The maximum atomic E-state index is 13.3. The lowest BCUT2D eigenvalue weighted by molar-refractivity contribution is -0.137. The van der Waals surface area contributed by atoms with Gasteiger partial charge in [-0.1, -0.05) is 0 Å². The van der Waals surface area contributed by atoms with Crippen LogP contribution in [0.3, 0.4) is 0 Å². The molecule has 2 fully saturated rings. The Morgan fingerprint density at radius 2 is 1.78 bits per heavy atom. The minimum Gasteiger partial charge on any atom is -0.370 e. The monoisotopic (exact) mass is 443 g/mol. The maximum Gasteiger partial charge on any atom is 0.416 e. The number of nitrogens with one attached hydrogen (secondary N) is 1. The zero-order valence-corrected chi connectivity index (χ0v) is 17.5. The Bertz CT molecular complexity index is 1000. The van der Waals surface area contributed by atoms with E-state index in [0.717, 1.165) is 43.9 Å². The molecule has 0 unspecified atom stereocenters. The van der Waals surface area contributed by atoms with Gasteiger partial charge in [-0.3, -0.25) is 4.79 Å². The molecule has 6 nitrogen and oxygen atoms in total. The summed E-state index contributed by atoms with van der Waals surface area (Å²) in [5, 5.41) is 11.7. The van der Waals surface area contributed by atoms with Crippen LogP contribution in [0.25, 0.3) is 0 Å². The van der Waals surface area contributed by atoms with Gasteiger partial charge in [0.2, 0.25) is 5.91 Å². The first-order valence-corrected chi connectivity index (χ1v) is 10.7. The van der Waals surface area contributed by atoms with Gasteiger partial charge in [0.05, 0.1) is 22.5 Å². The van der Waals surface area contributed by atoms with Crippen molar-refractivity contribution in [3.05, 3.63) is 47.7 Å². The van der Waals surface area contributed by atoms with Gasteiger partial charge in [-0.15, -0.1) is 0 Å². The molecule has 1 amide bonds. The summed E-state index contributed by atoms with van der Waals surface area (Å²) in [6.45, 7) is 2.76. The van der Waals surface area contributed by atoms with Crippen molar-refractivity contribution in [1.29, 1.82) is 5.26 Å². The van der Waals surface area contributed by atoms with Crippen molar-refractivity contribution in [2.45, 2.75) is 31.9 Å². The summed E-state index contributed by atoms with van der Waals surface area (Å²) >= 11 is 0. The number of amides is 1. The van der Waals surface area contributed by atoms with Crippen LogP contribution < -0.4 is 15.1 Å². The van der Waals surface area contributed by atoms with Gasteiger partial charge in [0.15, 0.2) is 0 Å². The molecule has 1 aromatic heterocycles. The second-order valence-electron chi connectivity index (χ2n) is 8.19. The van der Waals surface area contributed by atoms with Crippen LogP contribution in [0.2, 0.25) is 0 Å². The van der Waals surface area contributed by atoms with Crippen molar-refractivity contribution in [1.82, 2.24) is 4.98 Å². The molecule has 9 heteroatoms. The first kappa shape index (κ1) is 21.9. The summed E-state index contributed by atoms with van der Waals surface area (Å²) in [4.78, 5) is 21.3. The predicted octanol–water partition coefficient (Wildman–Crippen LogP) is 4.43. The zero-order chi connectivity index (χ0) is 22.7. The molecule has 2 aromatic rings. The Hall–Kier alpha value is -3.28. The first-order chi connectivity index (χ1) is 15.3. The Kier molecular flexibility index (Phi) is 6.21. The highest BCUT2D eigenvalue weighted by atomic mass is 19.4. The molecule has 3 heterocycles. The first-order valence-electron chi connectivity index (χ1n) is 10.7. The number of rotatable bonds is 4. The molecule has 1 N–H and O–H groups in total. The van der Waals surface area contributed by atoms with E-state index in [1.807, 2.05) is 15.9 Å². The van der Waals surface area contributed by atoms with Gasteiger partial charge < -0.3 is 15.1 Å². The van der Waals surface area contributed by atoms with Gasteiger partial charge in [-0.25, -0.2) is 4.98 Å². The summed E-state index contributed by atoms with van der Waals surface area (Å²) in [5.74, 6) is 0.208. The highest BCUT2D eigenvalue weighted by molar-refractivity contribution is 5.96. The van der Waals surface area contributed by atoms with Crippen LogP contribution in [-0.4, -0.2) is 37.1 Å². The largest absolute Gasteiger partial charge is 0.416 e. The average Bonchev–Trinajstić information content (AvgIpc) is 3.33. The summed E-state index contributed by atoms with van der Waals surface area (Å²) < 4.78 is 39.8. The number of nitriles is 1. The number of hydrogen-bond donors (Lipinski definition) is 1. The van der Waals surface area contributed by atoms with E-state index >= 15 is 0 Å². The number of piperidine rings is 1. The SMILES string of the molecule is N#Cc1ccc(N2CCC(C(=O)Nc3cc(C(F)(F)F)ccc3N3CCCC3)CC2)nc1. The third-order valence-corrected chi connectivity index (χ3v) is 6.10. The van der Waals surface area contributed by atoms with E-state index in [4.69, 9.17) is 5.26 Å². The third kappa shape index (κ3) is 4.79. The third-order valence-electron chi connectivity index (χ3n) is 6.10. The highest BCUT2D eigenvalue weighted by Gasteiger charge is 2.33. The van der Waals surface area contributed by atoms with E-state index in [2.05, 4.69) is 10.3 Å². The normalized spacial score (nSPS) is 17.3. The zero-order valence-electron chi connectivity index (χ0n) is 17.5. The van der Waals surface area contributed by atoms with Crippen LogP contribution in [0.4, 0.5) is 30.4 Å². The van der Waals surface area contributed by atoms with Crippen LogP contribution in [0.15, 0.2) is 36.5 Å². The lowest BCUT2D eigenvalue weighted by Gasteiger charge is -2.32. The number of pyridine rings is 1. The van der Waals surface area contributed by atoms with E-state index in [1.165, 1.54) is 12.3 Å². The smallest absolute Gasteiger partial charge is 0.370 e. The van der Waals surface area contributed by atoms with Crippen LogP contribution in [0.5, 0.6) is 0 Å². The molecule has 168 valence electrons. The number of carbonyl (C=O) groups excluding carboxylic acids is 1. The number of hydrogen-bond acceptors (Lipinski definition) is 5. The summed E-state index contributed by atoms with van der Waals surface area (Å²) in [7, 11) is 0. The molecular weight excluding hydrogens is 419 g/mol. The Morgan fingerprint density at radius 1 is 1.06 bits per heavy atom. The molecule has 2 saturated heterocycles. The Balaban J connectivity index is 1.44. The molecular formula is C23H24F3N5O. The molecule has 0 radical (unpaired) electrons. The van der Waals surface area contributed by atoms with Crippen LogP contribution in [-0.2, 0) is 11.0 Å². The Labute approximate surface area is 184 Å². The van der Waals surface area contributed by atoms with Crippen molar-refractivity contribution in [3.8, 4) is 6.07 Å². The molecule has 0 saturated carbocycles. The summed E-state index contributed by atoms with van der Waals surface area (Å²) in [6, 6.07) is 9.10. The predicted molar refractivity (Wildman–Crippen MR) is 115 cm³/mol. The molecule has 0 aliphatic carbocycles. The number of nitrogens with zero attached hydrogens (tertiary/aromatic N) is 4. The quantitative estimate of drug-likeness (QED) is 0.757. The second kappa shape index (κ2) is 9.07. The number of alkyl halides is 3. The topological polar surface area (TPSA) is 72.3 Å².